The number of carbonyl (C=O) groups is 3. The first-order valence-electron chi connectivity index (χ1n) is 5.65. The van der Waals surface area contributed by atoms with Crippen LogP contribution in [0.15, 0.2) is 0 Å². The fourth-order valence-corrected chi connectivity index (χ4v) is 1.19. The number of carbonyl (C=O) groups excluding carboxylic acids is 2. The van der Waals surface area contributed by atoms with E-state index in [1.54, 1.807) is 13.8 Å². The summed E-state index contributed by atoms with van der Waals surface area (Å²) in [5, 5.41) is 11.2. The van der Waals surface area contributed by atoms with Crippen molar-refractivity contribution in [1.29, 1.82) is 0 Å². The first-order chi connectivity index (χ1) is 8.29. The standard InChI is InChI=1S/C11H20N2O5/c1-6(2)9(12)10(15)13-7(11(16)17)4-5-8(14)18-3/h6-7,9H,4-5,12H2,1-3H3,(H,13,15)(H,16,17)/t7-,9?/m0/s1. The van der Waals surface area contributed by atoms with E-state index in [4.69, 9.17) is 10.8 Å². The number of carboxylic acids is 1. The summed E-state index contributed by atoms with van der Waals surface area (Å²) in [4.78, 5) is 33.4. The zero-order valence-electron chi connectivity index (χ0n) is 10.8. The number of hydrogen-bond acceptors (Lipinski definition) is 5. The Morgan fingerprint density at radius 1 is 1.33 bits per heavy atom. The van der Waals surface area contributed by atoms with Gasteiger partial charge in [-0.05, 0) is 12.3 Å². The van der Waals surface area contributed by atoms with Gasteiger partial charge in [-0.25, -0.2) is 4.79 Å². The Bertz CT molecular complexity index is 317. The molecule has 0 bridgehead atoms. The maximum absolute atomic E-state index is 11.6. The molecule has 0 saturated heterocycles. The van der Waals surface area contributed by atoms with Crippen LogP contribution in [0.3, 0.4) is 0 Å². The molecule has 7 heteroatoms. The van der Waals surface area contributed by atoms with E-state index < -0.39 is 29.9 Å². The number of nitrogens with one attached hydrogen (secondary N) is 1. The zero-order valence-corrected chi connectivity index (χ0v) is 10.8. The summed E-state index contributed by atoms with van der Waals surface area (Å²) in [5.74, 6) is -2.37. The van der Waals surface area contributed by atoms with Crippen LogP contribution in [-0.2, 0) is 19.1 Å². The molecule has 104 valence electrons. The van der Waals surface area contributed by atoms with E-state index in [2.05, 4.69) is 10.1 Å². The number of amides is 1. The molecule has 0 aromatic heterocycles. The molecule has 1 amide bonds. The molecule has 0 spiro atoms. The van der Waals surface area contributed by atoms with Crippen molar-refractivity contribution in [2.75, 3.05) is 7.11 Å². The molecule has 0 heterocycles. The lowest BCUT2D eigenvalue weighted by Crippen LogP contribution is -2.50. The zero-order chi connectivity index (χ0) is 14.3. The van der Waals surface area contributed by atoms with Gasteiger partial charge in [0, 0.05) is 6.42 Å². The average Bonchev–Trinajstić information content (AvgIpc) is 2.31. The van der Waals surface area contributed by atoms with E-state index in [0.717, 1.165) is 0 Å². The summed E-state index contributed by atoms with van der Waals surface area (Å²) < 4.78 is 4.40. The second-order valence-corrected chi connectivity index (χ2v) is 4.28. The van der Waals surface area contributed by atoms with Crippen LogP contribution in [0.2, 0.25) is 0 Å². The molecule has 0 aliphatic heterocycles. The Morgan fingerprint density at radius 3 is 2.28 bits per heavy atom. The SMILES string of the molecule is COC(=O)CC[C@H](NC(=O)C(N)C(C)C)C(=O)O. The fraction of sp³-hybridized carbons (Fsp3) is 0.727. The van der Waals surface area contributed by atoms with Crippen LogP contribution in [0.4, 0.5) is 0 Å². The lowest BCUT2D eigenvalue weighted by molar-refractivity contribution is -0.144. The topological polar surface area (TPSA) is 119 Å². The quantitative estimate of drug-likeness (QED) is 0.530. The molecule has 0 radical (unpaired) electrons. The predicted molar refractivity (Wildman–Crippen MR) is 63.6 cm³/mol. The molecule has 0 aliphatic rings. The number of carboxylic acid groups (broad SMARTS) is 1. The van der Waals surface area contributed by atoms with Gasteiger partial charge in [-0.2, -0.15) is 0 Å². The van der Waals surface area contributed by atoms with E-state index in [-0.39, 0.29) is 18.8 Å². The van der Waals surface area contributed by atoms with Crippen LogP contribution in [-0.4, -0.2) is 42.1 Å². The predicted octanol–water partition coefficient (Wildman–Crippen LogP) is -0.508. The first kappa shape index (κ1) is 16.4. The van der Waals surface area contributed by atoms with Gasteiger partial charge in [0.25, 0.3) is 0 Å². The Hall–Kier alpha value is -1.63. The minimum Gasteiger partial charge on any atom is -0.480 e. The van der Waals surface area contributed by atoms with Crippen molar-refractivity contribution in [3.05, 3.63) is 0 Å². The molecule has 0 aromatic rings. The van der Waals surface area contributed by atoms with E-state index in [1.165, 1.54) is 7.11 Å². The van der Waals surface area contributed by atoms with Crippen molar-refractivity contribution >= 4 is 17.8 Å². The molecule has 0 rings (SSSR count). The summed E-state index contributed by atoms with van der Waals surface area (Å²) in [5.41, 5.74) is 5.59. The summed E-state index contributed by atoms with van der Waals surface area (Å²) >= 11 is 0. The second kappa shape index (κ2) is 7.65. The second-order valence-electron chi connectivity index (χ2n) is 4.28. The summed E-state index contributed by atoms with van der Waals surface area (Å²) in [7, 11) is 1.21. The molecule has 0 fully saturated rings. The van der Waals surface area contributed by atoms with E-state index in [1.807, 2.05) is 0 Å². The number of esters is 1. The molecule has 0 aromatic carbocycles. The number of ether oxygens (including phenoxy) is 1. The van der Waals surface area contributed by atoms with Gasteiger partial charge in [-0.3, -0.25) is 9.59 Å². The largest absolute Gasteiger partial charge is 0.480 e. The third-order valence-corrected chi connectivity index (χ3v) is 2.50. The highest BCUT2D eigenvalue weighted by Crippen LogP contribution is 2.03. The van der Waals surface area contributed by atoms with E-state index >= 15 is 0 Å². The van der Waals surface area contributed by atoms with Gasteiger partial charge in [0.05, 0.1) is 13.2 Å². The summed E-state index contributed by atoms with van der Waals surface area (Å²) in [6, 6.07) is -1.91. The van der Waals surface area contributed by atoms with Crippen molar-refractivity contribution in [3.8, 4) is 0 Å². The molecule has 1 unspecified atom stereocenters. The van der Waals surface area contributed by atoms with Crippen LogP contribution in [0.25, 0.3) is 0 Å². The molecular weight excluding hydrogens is 240 g/mol. The van der Waals surface area contributed by atoms with Crippen LogP contribution in [0.1, 0.15) is 26.7 Å². The van der Waals surface area contributed by atoms with Gasteiger partial charge in [-0.1, -0.05) is 13.8 Å². The fourth-order valence-electron chi connectivity index (χ4n) is 1.19. The Morgan fingerprint density at radius 2 is 1.89 bits per heavy atom. The van der Waals surface area contributed by atoms with Crippen molar-refractivity contribution in [2.45, 2.75) is 38.8 Å². The summed E-state index contributed by atoms with van der Waals surface area (Å²) in [6.07, 6.45) is -0.108. The minimum absolute atomic E-state index is 0.0292. The Kier molecular flexibility index (Phi) is 6.96. The maximum atomic E-state index is 11.6. The van der Waals surface area contributed by atoms with Crippen LogP contribution < -0.4 is 11.1 Å². The van der Waals surface area contributed by atoms with Gasteiger partial charge in [0.2, 0.25) is 5.91 Å². The number of methoxy groups -OCH3 is 1. The van der Waals surface area contributed by atoms with E-state index in [0.29, 0.717) is 0 Å². The van der Waals surface area contributed by atoms with Crippen LogP contribution >= 0.6 is 0 Å². The van der Waals surface area contributed by atoms with Crippen molar-refractivity contribution in [3.63, 3.8) is 0 Å². The number of rotatable bonds is 7. The monoisotopic (exact) mass is 260 g/mol. The van der Waals surface area contributed by atoms with Gasteiger partial charge in [0.15, 0.2) is 0 Å². The van der Waals surface area contributed by atoms with Gasteiger partial charge in [0.1, 0.15) is 6.04 Å². The number of nitrogens with two attached hydrogens (primary N) is 1. The molecular formula is C11H20N2O5. The lowest BCUT2D eigenvalue weighted by atomic mass is 10.0. The van der Waals surface area contributed by atoms with Crippen molar-refractivity contribution in [1.82, 2.24) is 5.32 Å². The first-order valence-corrected chi connectivity index (χ1v) is 5.65. The number of hydrogen-bond donors (Lipinski definition) is 3. The van der Waals surface area contributed by atoms with Gasteiger partial charge in [-0.15, -0.1) is 0 Å². The molecule has 2 atom stereocenters. The average molecular weight is 260 g/mol. The van der Waals surface area contributed by atoms with Gasteiger partial charge >= 0.3 is 11.9 Å². The van der Waals surface area contributed by atoms with Gasteiger partial charge < -0.3 is 20.9 Å². The smallest absolute Gasteiger partial charge is 0.326 e. The van der Waals surface area contributed by atoms with Crippen LogP contribution in [0, 0.1) is 5.92 Å². The molecule has 4 N–H and O–H groups in total. The molecule has 0 aliphatic carbocycles. The highest BCUT2D eigenvalue weighted by Gasteiger charge is 2.25. The van der Waals surface area contributed by atoms with Crippen molar-refractivity contribution < 1.29 is 24.2 Å². The minimum atomic E-state index is -1.21. The molecule has 18 heavy (non-hydrogen) atoms. The van der Waals surface area contributed by atoms with E-state index in [9.17, 15) is 14.4 Å². The lowest BCUT2D eigenvalue weighted by Gasteiger charge is -2.19. The summed E-state index contributed by atoms with van der Waals surface area (Å²) in [6.45, 7) is 3.52. The highest BCUT2D eigenvalue weighted by atomic mass is 16.5. The third-order valence-electron chi connectivity index (χ3n) is 2.50. The molecule has 7 nitrogen and oxygen atoms in total. The third kappa shape index (κ3) is 5.62. The Balaban J connectivity index is 4.41. The van der Waals surface area contributed by atoms with Crippen LogP contribution in [0.5, 0.6) is 0 Å². The normalized spacial score (nSPS) is 13.8. The highest BCUT2D eigenvalue weighted by molar-refractivity contribution is 5.87. The van der Waals surface area contributed by atoms with Crippen molar-refractivity contribution in [2.24, 2.45) is 11.7 Å². The maximum Gasteiger partial charge on any atom is 0.326 e. The molecule has 0 saturated carbocycles. The Labute approximate surface area is 106 Å². The number of aliphatic carboxylic acids is 1.